The molecule has 2 unspecified atom stereocenters. The third kappa shape index (κ3) is 72.2. The fourth-order valence-electron chi connectivity index (χ4n) is 12.1. The number of ether oxygens (including phenoxy) is 4. The maximum atomic E-state index is 13.1. The number of esters is 4. The first-order valence-electron chi connectivity index (χ1n) is 40.6. The second-order valence-electron chi connectivity index (χ2n) is 28.6. The number of carbonyl (C=O) groups is 4. The Labute approximate surface area is 594 Å². The molecular weight excluding hydrogens is 1270 g/mol. The van der Waals surface area contributed by atoms with Crippen LogP contribution in [0, 0.1) is 5.92 Å². The van der Waals surface area contributed by atoms with Gasteiger partial charge in [-0.3, -0.25) is 37.3 Å². The summed E-state index contributed by atoms with van der Waals surface area (Å²) in [4.78, 5) is 72.8. The van der Waals surface area contributed by atoms with E-state index in [4.69, 9.17) is 37.0 Å². The average Bonchev–Trinajstić information content (AvgIpc) is 1.31. The highest BCUT2D eigenvalue weighted by Gasteiger charge is 2.30. The molecular formula is C78H152O17P2. The van der Waals surface area contributed by atoms with Gasteiger partial charge in [0.2, 0.25) is 0 Å². The molecule has 5 atom stereocenters. The molecule has 0 rings (SSSR count). The van der Waals surface area contributed by atoms with E-state index in [2.05, 4.69) is 34.6 Å². The van der Waals surface area contributed by atoms with Gasteiger partial charge in [-0.15, -0.1) is 0 Å². The molecule has 0 aromatic rings. The summed E-state index contributed by atoms with van der Waals surface area (Å²) in [5, 5.41) is 10.6. The molecule has 0 aromatic heterocycles. The largest absolute Gasteiger partial charge is 0.472 e. The van der Waals surface area contributed by atoms with Crippen LogP contribution in [0.4, 0.5) is 0 Å². The van der Waals surface area contributed by atoms with Gasteiger partial charge in [-0.1, -0.05) is 362 Å². The lowest BCUT2D eigenvalue weighted by atomic mass is 10.0. The quantitative estimate of drug-likeness (QED) is 0.0222. The molecule has 19 heteroatoms. The van der Waals surface area contributed by atoms with Gasteiger partial charge >= 0.3 is 39.5 Å². The molecule has 0 spiro atoms. The Hall–Kier alpha value is -1.94. The molecule has 0 aliphatic rings. The standard InChI is InChI=1S/C78H152O17P2/c1-6-9-12-15-18-20-22-24-26-27-28-29-31-35-40-44-49-54-59-64-78(83)95-74(68-89-76(81)62-57-52-47-42-38-36-32-33-37-41-46-50-55-60-71(4)5)70-93-97(86,87)91-66-72(79)65-90-96(84,85)92-69-73(67-88-75(80)61-56-51-45-17-14-11-8-3)94-77(82)63-58-53-48-43-39-34-30-25-23-21-19-16-13-10-7-2/h71-74,79H,6-70H2,1-5H3,(H,84,85)(H,86,87)/t72-,73+,74+/m0/s1. The highest BCUT2D eigenvalue weighted by atomic mass is 31.2. The summed E-state index contributed by atoms with van der Waals surface area (Å²) in [7, 11) is -9.91. The molecule has 3 N–H and O–H groups in total. The van der Waals surface area contributed by atoms with Gasteiger partial charge in [-0.25, -0.2) is 9.13 Å². The summed E-state index contributed by atoms with van der Waals surface area (Å²) in [6.45, 7) is 7.29. The minimum atomic E-state index is -4.96. The number of hydrogen-bond acceptors (Lipinski definition) is 15. The van der Waals surface area contributed by atoms with Crippen molar-refractivity contribution in [2.24, 2.45) is 5.92 Å². The Morgan fingerprint density at radius 3 is 0.701 bits per heavy atom. The summed E-state index contributed by atoms with van der Waals surface area (Å²) in [5.74, 6) is -1.32. The lowest BCUT2D eigenvalue weighted by Gasteiger charge is -2.21. The smallest absolute Gasteiger partial charge is 0.462 e. The van der Waals surface area contributed by atoms with Crippen molar-refractivity contribution in [1.82, 2.24) is 0 Å². The van der Waals surface area contributed by atoms with Crippen LogP contribution in [-0.4, -0.2) is 96.7 Å². The van der Waals surface area contributed by atoms with E-state index in [1.807, 2.05) is 0 Å². The van der Waals surface area contributed by atoms with Crippen molar-refractivity contribution >= 4 is 39.5 Å². The number of rotatable bonds is 78. The first kappa shape index (κ1) is 95.1. The third-order valence-corrected chi connectivity index (χ3v) is 20.2. The molecule has 0 heterocycles. The van der Waals surface area contributed by atoms with E-state index in [1.165, 1.54) is 225 Å². The van der Waals surface area contributed by atoms with Crippen LogP contribution < -0.4 is 0 Å². The molecule has 0 aliphatic carbocycles. The molecule has 17 nitrogen and oxygen atoms in total. The molecule has 0 fully saturated rings. The van der Waals surface area contributed by atoms with Crippen LogP contribution in [0.1, 0.15) is 413 Å². The van der Waals surface area contributed by atoms with Gasteiger partial charge in [-0.2, -0.15) is 0 Å². The summed E-state index contributed by atoms with van der Waals surface area (Å²) in [6.07, 6.45) is 61.2. The number of aliphatic hydroxyl groups is 1. The van der Waals surface area contributed by atoms with Crippen LogP contribution in [0.25, 0.3) is 0 Å². The van der Waals surface area contributed by atoms with Crippen molar-refractivity contribution in [1.29, 1.82) is 0 Å². The SMILES string of the molecule is CCCCCCCCCCCCCCCCCCCCCC(=O)O[C@H](COC(=O)CCCCCCCCCCCCCCCC(C)C)COP(=O)(O)OC[C@@H](O)COP(=O)(O)OC[C@@H](COC(=O)CCCCCCCCC)OC(=O)CCCCCCCCCCCCCCCCC. The Bertz CT molecular complexity index is 1860. The molecule has 0 radical (unpaired) electrons. The number of carbonyl (C=O) groups excluding carboxylic acids is 4. The van der Waals surface area contributed by atoms with Crippen molar-refractivity contribution in [2.75, 3.05) is 39.6 Å². The van der Waals surface area contributed by atoms with Crippen LogP contribution in [-0.2, 0) is 65.4 Å². The van der Waals surface area contributed by atoms with Gasteiger partial charge in [-0.05, 0) is 31.6 Å². The van der Waals surface area contributed by atoms with Crippen LogP contribution in [0.5, 0.6) is 0 Å². The number of hydrogen-bond donors (Lipinski definition) is 3. The van der Waals surface area contributed by atoms with E-state index in [0.29, 0.717) is 25.7 Å². The van der Waals surface area contributed by atoms with Gasteiger partial charge in [0.1, 0.15) is 19.3 Å². The third-order valence-electron chi connectivity index (χ3n) is 18.3. The first-order valence-corrected chi connectivity index (χ1v) is 43.6. The molecule has 0 aromatic carbocycles. The number of phosphoric ester groups is 2. The maximum absolute atomic E-state index is 13.1. The summed E-state index contributed by atoms with van der Waals surface area (Å²) in [5.41, 5.74) is 0. The minimum Gasteiger partial charge on any atom is -0.462 e. The lowest BCUT2D eigenvalue weighted by Crippen LogP contribution is -2.30. The van der Waals surface area contributed by atoms with Gasteiger partial charge in [0.25, 0.3) is 0 Å². The lowest BCUT2D eigenvalue weighted by molar-refractivity contribution is -0.161. The van der Waals surface area contributed by atoms with Crippen molar-refractivity contribution < 1.29 is 80.2 Å². The Morgan fingerprint density at radius 2 is 0.474 bits per heavy atom. The fraction of sp³-hybridized carbons (Fsp3) is 0.949. The summed E-state index contributed by atoms with van der Waals surface area (Å²) < 4.78 is 68.5. The molecule has 0 amide bonds. The zero-order chi connectivity index (χ0) is 71.2. The van der Waals surface area contributed by atoms with E-state index in [1.54, 1.807) is 0 Å². The van der Waals surface area contributed by atoms with E-state index < -0.39 is 97.5 Å². The van der Waals surface area contributed by atoms with Gasteiger partial charge < -0.3 is 33.8 Å². The molecule has 97 heavy (non-hydrogen) atoms. The minimum absolute atomic E-state index is 0.108. The molecule has 0 aliphatic heterocycles. The van der Waals surface area contributed by atoms with Crippen molar-refractivity contribution in [3.8, 4) is 0 Å². The number of unbranched alkanes of at least 4 members (excludes halogenated alkanes) is 50. The second-order valence-corrected chi connectivity index (χ2v) is 31.5. The highest BCUT2D eigenvalue weighted by Crippen LogP contribution is 2.45. The van der Waals surface area contributed by atoms with E-state index in [9.17, 15) is 43.2 Å². The average molecular weight is 1420 g/mol. The van der Waals surface area contributed by atoms with Gasteiger partial charge in [0, 0.05) is 25.7 Å². The topological polar surface area (TPSA) is 237 Å². The number of aliphatic hydroxyl groups excluding tert-OH is 1. The van der Waals surface area contributed by atoms with Crippen LogP contribution >= 0.6 is 15.6 Å². The monoisotopic (exact) mass is 1420 g/mol. The predicted octanol–water partition coefficient (Wildman–Crippen LogP) is 23.3. The molecule has 0 bridgehead atoms. The van der Waals surface area contributed by atoms with Crippen LogP contribution in [0.3, 0.4) is 0 Å². The van der Waals surface area contributed by atoms with E-state index in [-0.39, 0.29) is 25.7 Å². The Morgan fingerprint density at radius 1 is 0.278 bits per heavy atom. The van der Waals surface area contributed by atoms with Gasteiger partial charge in [0.15, 0.2) is 12.2 Å². The number of phosphoric acid groups is 2. The van der Waals surface area contributed by atoms with E-state index in [0.717, 1.165) is 109 Å². The molecule has 0 saturated carbocycles. The molecule has 576 valence electrons. The second kappa shape index (κ2) is 71.1. The predicted molar refractivity (Wildman–Crippen MR) is 395 cm³/mol. The Kier molecular flexibility index (Phi) is 69.6. The zero-order valence-corrected chi connectivity index (χ0v) is 65.0. The van der Waals surface area contributed by atoms with Crippen molar-refractivity contribution in [3.05, 3.63) is 0 Å². The van der Waals surface area contributed by atoms with Crippen molar-refractivity contribution in [3.63, 3.8) is 0 Å². The Balaban J connectivity index is 5.18. The summed E-state index contributed by atoms with van der Waals surface area (Å²) in [6, 6.07) is 0. The maximum Gasteiger partial charge on any atom is 0.472 e. The molecule has 0 saturated heterocycles. The van der Waals surface area contributed by atoms with E-state index >= 15 is 0 Å². The highest BCUT2D eigenvalue weighted by molar-refractivity contribution is 7.47. The van der Waals surface area contributed by atoms with Gasteiger partial charge in [0.05, 0.1) is 26.4 Å². The summed E-state index contributed by atoms with van der Waals surface area (Å²) >= 11 is 0. The normalized spacial score (nSPS) is 13.9. The van der Waals surface area contributed by atoms with Crippen molar-refractivity contribution in [2.45, 2.75) is 432 Å². The first-order chi connectivity index (χ1) is 47.0. The van der Waals surface area contributed by atoms with Crippen LogP contribution in [0.2, 0.25) is 0 Å². The fourth-order valence-corrected chi connectivity index (χ4v) is 13.6. The van der Waals surface area contributed by atoms with Crippen LogP contribution in [0.15, 0.2) is 0 Å². The zero-order valence-electron chi connectivity index (χ0n) is 63.2.